The van der Waals surface area contributed by atoms with Crippen molar-refractivity contribution in [1.82, 2.24) is 0 Å². The van der Waals surface area contributed by atoms with E-state index in [4.69, 9.17) is 9.47 Å². The molecule has 1 aromatic carbocycles. The van der Waals surface area contributed by atoms with Crippen molar-refractivity contribution in [2.75, 3.05) is 6.61 Å². The van der Waals surface area contributed by atoms with Crippen LogP contribution in [0.15, 0.2) is 24.3 Å². The Morgan fingerprint density at radius 3 is 2.05 bits per heavy atom. The quantitative estimate of drug-likeness (QED) is 0.635. The number of aryl methyl sites for hydroxylation is 1. The van der Waals surface area contributed by atoms with Crippen LogP contribution in [0.25, 0.3) is 0 Å². The third-order valence-electron chi connectivity index (χ3n) is 2.90. The van der Waals surface area contributed by atoms with Crippen LogP contribution in [-0.2, 0) is 11.2 Å². The fraction of sp³-hybridized carbons (Fsp3) is 0.647. The van der Waals surface area contributed by atoms with E-state index in [9.17, 15) is 0 Å². The summed E-state index contributed by atoms with van der Waals surface area (Å²) in [5.41, 5.74) is 1.37. The first-order valence-corrected chi connectivity index (χ1v) is 7.34. The first-order chi connectivity index (χ1) is 8.97. The highest BCUT2D eigenvalue weighted by atomic mass is 16.7. The zero-order chi connectivity index (χ0) is 14.3. The molecule has 0 heterocycles. The van der Waals surface area contributed by atoms with Crippen LogP contribution >= 0.6 is 0 Å². The van der Waals surface area contributed by atoms with Gasteiger partial charge in [-0.05, 0) is 49.3 Å². The van der Waals surface area contributed by atoms with Crippen molar-refractivity contribution >= 4 is 0 Å². The second-order valence-corrected chi connectivity index (χ2v) is 5.99. The van der Waals surface area contributed by atoms with Crippen molar-refractivity contribution < 1.29 is 9.47 Å². The first-order valence-electron chi connectivity index (χ1n) is 7.34. The van der Waals surface area contributed by atoms with E-state index >= 15 is 0 Å². The average Bonchev–Trinajstić information content (AvgIpc) is 2.35. The van der Waals surface area contributed by atoms with Crippen LogP contribution in [0, 0.1) is 11.8 Å². The third kappa shape index (κ3) is 7.22. The summed E-state index contributed by atoms with van der Waals surface area (Å²) < 4.78 is 11.3. The Morgan fingerprint density at radius 1 is 0.895 bits per heavy atom. The highest BCUT2D eigenvalue weighted by Crippen LogP contribution is 2.16. The Bertz CT molecular complexity index is 341. The van der Waals surface area contributed by atoms with E-state index in [1.165, 1.54) is 12.0 Å². The lowest BCUT2D eigenvalue weighted by atomic mass is 10.0. The van der Waals surface area contributed by atoms with Crippen LogP contribution < -0.4 is 4.74 Å². The first kappa shape index (κ1) is 16.0. The fourth-order valence-corrected chi connectivity index (χ4v) is 1.74. The van der Waals surface area contributed by atoms with Crippen LogP contribution in [-0.4, -0.2) is 12.9 Å². The van der Waals surface area contributed by atoms with Crippen molar-refractivity contribution in [3.05, 3.63) is 29.8 Å². The molecule has 0 saturated heterocycles. The van der Waals surface area contributed by atoms with Gasteiger partial charge in [-0.3, -0.25) is 0 Å². The lowest BCUT2D eigenvalue weighted by Gasteiger charge is -2.17. The molecule has 1 atom stereocenters. The minimum Gasteiger partial charge on any atom is -0.465 e. The third-order valence-corrected chi connectivity index (χ3v) is 2.90. The molecule has 2 nitrogen and oxygen atoms in total. The summed E-state index contributed by atoms with van der Waals surface area (Å²) >= 11 is 0. The van der Waals surface area contributed by atoms with Gasteiger partial charge in [0.2, 0.25) is 0 Å². The molecule has 0 N–H and O–H groups in total. The monoisotopic (exact) mass is 264 g/mol. The molecule has 0 aliphatic carbocycles. The fourth-order valence-electron chi connectivity index (χ4n) is 1.74. The van der Waals surface area contributed by atoms with Crippen molar-refractivity contribution in [2.45, 2.75) is 53.8 Å². The normalized spacial score (nSPS) is 13.0. The molecule has 0 fully saturated rings. The second kappa shape index (κ2) is 8.21. The maximum atomic E-state index is 5.72. The predicted octanol–water partition coefficient (Wildman–Crippen LogP) is 4.67. The van der Waals surface area contributed by atoms with Crippen LogP contribution in [0.4, 0.5) is 0 Å². The summed E-state index contributed by atoms with van der Waals surface area (Å²) in [6, 6.07) is 8.36. The van der Waals surface area contributed by atoms with E-state index in [0.29, 0.717) is 5.92 Å². The maximum Gasteiger partial charge on any atom is 0.196 e. The van der Waals surface area contributed by atoms with Crippen molar-refractivity contribution in [3.8, 4) is 5.75 Å². The van der Waals surface area contributed by atoms with Gasteiger partial charge in [-0.15, -0.1) is 0 Å². The molecule has 0 aliphatic rings. The number of benzene rings is 1. The lowest BCUT2D eigenvalue weighted by Crippen LogP contribution is -2.18. The van der Waals surface area contributed by atoms with Crippen molar-refractivity contribution in [2.24, 2.45) is 11.8 Å². The van der Waals surface area contributed by atoms with Crippen LogP contribution in [0.5, 0.6) is 5.75 Å². The van der Waals surface area contributed by atoms with Crippen molar-refractivity contribution in [3.63, 3.8) is 0 Å². The average molecular weight is 264 g/mol. The van der Waals surface area contributed by atoms with Gasteiger partial charge in [0.05, 0.1) is 6.61 Å². The SMILES string of the molecule is CC(C)CCc1ccc(OC(C)OCC(C)C)cc1. The van der Waals surface area contributed by atoms with Crippen LogP contribution in [0.3, 0.4) is 0 Å². The second-order valence-electron chi connectivity index (χ2n) is 5.99. The van der Waals surface area contributed by atoms with Gasteiger partial charge in [-0.1, -0.05) is 39.8 Å². The highest BCUT2D eigenvalue weighted by Gasteiger charge is 2.05. The highest BCUT2D eigenvalue weighted by molar-refractivity contribution is 5.27. The Hall–Kier alpha value is -1.02. The summed E-state index contributed by atoms with van der Waals surface area (Å²) in [7, 11) is 0. The Morgan fingerprint density at radius 2 is 1.53 bits per heavy atom. The molecule has 0 saturated carbocycles. The molecular formula is C17H28O2. The standard InChI is InChI=1S/C17H28O2/c1-13(2)6-7-16-8-10-17(11-9-16)19-15(5)18-12-14(3)4/h8-11,13-15H,6-7,12H2,1-5H3. The van der Waals surface area contributed by atoms with Gasteiger partial charge < -0.3 is 9.47 Å². The Balaban J connectivity index is 2.39. The molecule has 0 spiro atoms. The van der Waals surface area contributed by atoms with Gasteiger partial charge in [-0.25, -0.2) is 0 Å². The minimum atomic E-state index is -0.191. The Kier molecular flexibility index (Phi) is 6.93. The summed E-state index contributed by atoms with van der Waals surface area (Å²) in [6.45, 7) is 11.5. The van der Waals surface area contributed by atoms with Gasteiger partial charge in [-0.2, -0.15) is 0 Å². The summed E-state index contributed by atoms with van der Waals surface area (Å²) in [4.78, 5) is 0. The van der Waals surface area contributed by atoms with Crippen LogP contribution in [0.1, 0.15) is 46.6 Å². The number of ether oxygens (including phenoxy) is 2. The van der Waals surface area contributed by atoms with E-state index < -0.39 is 0 Å². The molecule has 19 heavy (non-hydrogen) atoms. The van der Waals surface area contributed by atoms with E-state index in [-0.39, 0.29) is 6.29 Å². The number of hydrogen-bond acceptors (Lipinski definition) is 2. The molecule has 1 unspecified atom stereocenters. The predicted molar refractivity (Wildman–Crippen MR) is 80.5 cm³/mol. The largest absolute Gasteiger partial charge is 0.465 e. The zero-order valence-corrected chi connectivity index (χ0v) is 13.0. The van der Waals surface area contributed by atoms with Gasteiger partial charge in [0.15, 0.2) is 6.29 Å². The maximum absolute atomic E-state index is 5.72. The molecule has 0 amide bonds. The Labute approximate surface area is 118 Å². The van der Waals surface area contributed by atoms with E-state index in [0.717, 1.165) is 24.7 Å². The van der Waals surface area contributed by atoms with Gasteiger partial charge >= 0.3 is 0 Å². The summed E-state index contributed by atoms with van der Waals surface area (Å²) in [6.07, 6.45) is 2.18. The molecule has 0 bridgehead atoms. The molecular weight excluding hydrogens is 236 g/mol. The van der Waals surface area contributed by atoms with Crippen molar-refractivity contribution in [1.29, 1.82) is 0 Å². The molecule has 1 rings (SSSR count). The van der Waals surface area contributed by atoms with Gasteiger partial charge in [0.1, 0.15) is 5.75 Å². The van der Waals surface area contributed by atoms with Gasteiger partial charge in [0, 0.05) is 0 Å². The van der Waals surface area contributed by atoms with E-state index in [1.807, 2.05) is 19.1 Å². The van der Waals surface area contributed by atoms with E-state index in [1.54, 1.807) is 0 Å². The molecule has 0 aromatic heterocycles. The molecule has 0 radical (unpaired) electrons. The van der Waals surface area contributed by atoms with Crippen LogP contribution in [0.2, 0.25) is 0 Å². The van der Waals surface area contributed by atoms with E-state index in [2.05, 4.69) is 39.8 Å². The molecule has 2 heteroatoms. The zero-order valence-electron chi connectivity index (χ0n) is 13.0. The number of hydrogen-bond donors (Lipinski definition) is 0. The molecule has 1 aromatic rings. The summed E-state index contributed by atoms with van der Waals surface area (Å²) in [5, 5.41) is 0. The molecule has 0 aliphatic heterocycles. The lowest BCUT2D eigenvalue weighted by molar-refractivity contribution is -0.0755. The van der Waals surface area contributed by atoms with Gasteiger partial charge in [0.25, 0.3) is 0 Å². The summed E-state index contributed by atoms with van der Waals surface area (Å²) in [5.74, 6) is 2.16. The molecule has 108 valence electrons. The topological polar surface area (TPSA) is 18.5 Å². The smallest absolute Gasteiger partial charge is 0.196 e. The minimum absolute atomic E-state index is 0.191. The number of rotatable bonds is 8.